The maximum absolute atomic E-state index is 14.0. The van der Waals surface area contributed by atoms with E-state index < -0.39 is 101 Å². The molecule has 2 aromatic rings. The second-order valence-corrected chi connectivity index (χ2v) is 15.2. The molecular weight excluding hydrogens is 732 g/mol. The van der Waals surface area contributed by atoms with E-state index in [-0.39, 0.29) is 58.7 Å². The molecule has 5 aliphatic rings. The van der Waals surface area contributed by atoms with Gasteiger partial charge in [-0.2, -0.15) is 0 Å². The van der Waals surface area contributed by atoms with Gasteiger partial charge in [-0.3, -0.25) is 34.3 Å². The van der Waals surface area contributed by atoms with Gasteiger partial charge in [0.05, 0.1) is 47.7 Å². The molecule has 1 saturated heterocycles. The SMILES string of the molecule is COc1cccc2c1C(=O)c1c(O)c3c(c(O)c1C2=O)C[C@@](O)(C(C=O)NNC(=O)C1CCC(CN2C(=O)C=CC2=O)CC1)C[C@@H]3O[C@H]1C[C@@H](N)[C@H](O)C(C)O1. The van der Waals surface area contributed by atoms with Gasteiger partial charge in [0, 0.05) is 66.6 Å². The number of fused-ring (bicyclic) bond motifs is 3. The highest BCUT2D eigenvalue weighted by Gasteiger charge is 2.51. The molecule has 3 amide bonds. The summed E-state index contributed by atoms with van der Waals surface area (Å²) in [6, 6.07) is 2.04. The Hall–Kier alpha value is -5.04. The van der Waals surface area contributed by atoms with Crippen LogP contribution in [0.15, 0.2) is 30.4 Å². The molecule has 1 saturated carbocycles. The number of amides is 3. The molecule has 2 unspecified atom stereocenters. The van der Waals surface area contributed by atoms with Crippen LogP contribution in [0.1, 0.15) is 94.5 Å². The van der Waals surface area contributed by atoms with Crippen LogP contribution in [0.25, 0.3) is 0 Å². The number of aromatic hydroxyl groups is 2. The molecule has 7 atom stereocenters. The Kier molecular flexibility index (Phi) is 10.6. The third-order valence-electron chi connectivity index (χ3n) is 11.8. The van der Waals surface area contributed by atoms with Gasteiger partial charge in [-0.1, -0.05) is 12.1 Å². The van der Waals surface area contributed by atoms with Crippen LogP contribution in [0.4, 0.5) is 0 Å². The van der Waals surface area contributed by atoms with E-state index in [4.69, 9.17) is 19.9 Å². The van der Waals surface area contributed by atoms with Crippen LogP contribution in [0.5, 0.6) is 17.2 Å². The van der Waals surface area contributed by atoms with Crippen LogP contribution in [0.3, 0.4) is 0 Å². The summed E-state index contributed by atoms with van der Waals surface area (Å²) in [7, 11) is 1.32. The molecule has 2 heterocycles. The highest BCUT2D eigenvalue weighted by Crippen LogP contribution is 2.53. The topological polar surface area (TPSA) is 264 Å². The molecule has 0 bridgehead atoms. The van der Waals surface area contributed by atoms with Gasteiger partial charge in [0.15, 0.2) is 12.1 Å². The number of phenolic OH excluding ortho intramolecular Hbond substituents is 2. The van der Waals surface area contributed by atoms with Crippen LogP contribution in [0.2, 0.25) is 0 Å². The number of carbonyl (C=O) groups is 6. The minimum Gasteiger partial charge on any atom is -0.507 e. The van der Waals surface area contributed by atoms with Crippen LogP contribution >= 0.6 is 0 Å². The number of hydrogen-bond donors (Lipinski definition) is 7. The molecule has 17 heteroatoms. The predicted octanol–water partition coefficient (Wildman–Crippen LogP) is 0.360. The second kappa shape index (κ2) is 15.1. The number of aldehydes is 1. The van der Waals surface area contributed by atoms with Gasteiger partial charge in [-0.05, 0) is 44.6 Å². The zero-order chi connectivity index (χ0) is 40.2. The predicted molar refractivity (Wildman–Crippen MR) is 192 cm³/mol. The number of carbonyl (C=O) groups excluding carboxylic acids is 6. The van der Waals surface area contributed by atoms with Gasteiger partial charge in [-0.25, -0.2) is 5.43 Å². The molecule has 56 heavy (non-hydrogen) atoms. The number of nitrogens with zero attached hydrogens (tertiary/aromatic N) is 1. The van der Waals surface area contributed by atoms with E-state index in [0.29, 0.717) is 32.0 Å². The molecule has 0 spiro atoms. The quantitative estimate of drug-likeness (QED) is 0.0635. The first-order valence-corrected chi connectivity index (χ1v) is 18.6. The third-order valence-corrected chi connectivity index (χ3v) is 11.8. The molecule has 17 nitrogen and oxygen atoms in total. The number of imide groups is 1. The van der Waals surface area contributed by atoms with Crippen molar-refractivity contribution in [3.05, 3.63) is 63.7 Å². The number of hydrogen-bond acceptors (Lipinski definition) is 15. The lowest BCUT2D eigenvalue weighted by Gasteiger charge is -2.44. The number of ketones is 2. The molecule has 0 radical (unpaired) electrons. The highest BCUT2D eigenvalue weighted by atomic mass is 16.7. The second-order valence-electron chi connectivity index (χ2n) is 15.2. The summed E-state index contributed by atoms with van der Waals surface area (Å²) in [6.07, 6.45) is -0.468. The zero-order valence-corrected chi connectivity index (χ0v) is 30.7. The van der Waals surface area contributed by atoms with Gasteiger partial charge >= 0.3 is 0 Å². The lowest BCUT2D eigenvalue weighted by Crippen LogP contribution is -2.61. The smallest absolute Gasteiger partial charge is 0.253 e. The summed E-state index contributed by atoms with van der Waals surface area (Å²) in [4.78, 5) is 79.1. The van der Waals surface area contributed by atoms with Crippen LogP contribution in [0, 0.1) is 11.8 Å². The Balaban J connectivity index is 1.16. The fourth-order valence-electron chi connectivity index (χ4n) is 8.68. The molecule has 2 aliphatic heterocycles. The van der Waals surface area contributed by atoms with E-state index in [9.17, 15) is 49.2 Å². The van der Waals surface area contributed by atoms with Crippen LogP contribution < -0.4 is 21.3 Å². The summed E-state index contributed by atoms with van der Waals surface area (Å²) in [6.45, 7) is 1.83. The van der Waals surface area contributed by atoms with Crippen molar-refractivity contribution in [2.75, 3.05) is 13.7 Å². The summed E-state index contributed by atoms with van der Waals surface area (Å²) in [5, 5.41) is 46.3. The average Bonchev–Trinajstić information content (AvgIpc) is 3.49. The summed E-state index contributed by atoms with van der Waals surface area (Å²) < 4.78 is 17.5. The molecule has 2 fully saturated rings. The normalized spacial score (nSPS) is 30.4. The lowest BCUT2D eigenvalue weighted by molar-refractivity contribution is -0.248. The van der Waals surface area contributed by atoms with Crippen molar-refractivity contribution in [2.45, 2.75) is 94.2 Å². The van der Waals surface area contributed by atoms with Gasteiger partial charge in [-0.15, -0.1) is 0 Å². The van der Waals surface area contributed by atoms with Crippen molar-refractivity contribution in [2.24, 2.45) is 17.6 Å². The van der Waals surface area contributed by atoms with Crippen molar-refractivity contribution in [3.8, 4) is 17.2 Å². The number of nitrogens with one attached hydrogen (secondary N) is 2. The van der Waals surface area contributed by atoms with Crippen LogP contribution in [-0.2, 0) is 35.1 Å². The van der Waals surface area contributed by atoms with E-state index in [1.54, 1.807) is 6.92 Å². The van der Waals surface area contributed by atoms with Crippen molar-refractivity contribution in [3.63, 3.8) is 0 Å². The molecule has 7 rings (SSSR count). The van der Waals surface area contributed by atoms with E-state index in [1.807, 2.05) is 0 Å². The first-order chi connectivity index (χ1) is 26.7. The minimum atomic E-state index is -2.14. The molecule has 3 aliphatic carbocycles. The Morgan fingerprint density at radius 2 is 1.73 bits per heavy atom. The molecule has 2 aromatic carbocycles. The summed E-state index contributed by atoms with van der Waals surface area (Å²) >= 11 is 0. The summed E-state index contributed by atoms with van der Waals surface area (Å²) in [5.74, 6) is -4.56. The van der Waals surface area contributed by atoms with Gasteiger partial charge in [0.2, 0.25) is 11.7 Å². The number of hydrazine groups is 1. The first kappa shape index (κ1) is 39.2. The Labute approximate surface area is 320 Å². The van der Waals surface area contributed by atoms with Crippen molar-refractivity contribution < 1.29 is 63.4 Å². The number of aliphatic hydroxyl groups is 2. The van der Waals surface area contributed by atoms with Gasteiger partial charge in [0.25, 0.3) is 11.8 Å². The maximum atomic E-state index is 14.0. The molecular formula is C39H44N4O13. The standard InChI is InChI=1S/C39H44N4O13/c1-17-33(47)22(40)12-28(55-17)56-24-14-39(53,25(16-44)41-42-38(52)19-8-6-18(7-9-19)15-43-26(45)10-11-27(43)46)13-21-30(24)37(51)32-31(35(21)49)34(48)20-4-3-5-23(54-2)29(20)36(32)50/h3-5,10-11,16-19,22,24-25,28,33,41,47,49,51,53H,6-9,12-15,40H2,1-2H3,(H,42,52)/t17?,18?,19?,22-,24+,25?,28+,33-,39+/m1/s1. The fraction of sp³-hybridized carbons (Fsp3) is 0.487. The number of nitrogens with two attached hydrogens (primary N) is 1. The number of aliphatic hydroxyl groups excluding tert-OH is 1. The molecule has 298 valence electrons. The Morgan fingerprint density at radius 3 is 2.38 bits per heavy atom. The Bertz CT molecular complexity index is 2000. The summed E-state index contributed by atoms with van der Waals surface area (Å²) in [5.41, 5.74) is 7.68. The monoisotopic (exact) mass is 776 g/mol. The number of ether oxygens (including phenoxy) is 3. The van der Waals surface area contributed by atoms with Crippen molar-refractivity contribution in [1.29, 1.82) is 0 Å². The highest BCUT2D eigenvalue weighted by molar-refractivity contribution is 6.31. The van der Waals surface area contributed by atoms with E-state index in [1.165, 1.54) is 42.4 Å². The number of methoxy groups -OCH3 is 1. The third kappa shape index (κ3) is 6.77. The number of rotatable bonds is 10. The average molecular weight is 777 g/mol. The number of benzene rings is 2. The van der Waals surface area contributed by atoms with Gasteiger partial charge < -0.3 is 45.2 Å². The molecule has 8 N–H and O–H groups in total. The van der Waals surface area contributed by atoms with Crippen molar-refractivity contribution >= 4 is 35.6 Å². The van der Waals surface area contributed by atoms with Gasteiger partial charge in [0.1, 0.15) is 29.6 Å². The van der Waals surface area contributed by atoms with E-state index in [2.05, 4.69) is 10.9 Å². The largest absolute Gasteiger partial charge is 0.507 e. The van der Waals surface area contributed by atoms with Crippen molar-refractivity contribution in [1.82, 2.24) is 15.8 Å². The first-order valence-electron chi connectivity index (χ1n) is 18.6. The molecule has 0 aromatic heterocycles. The van der Waals surface area contributed by atoms with Crippen LogP contribution in [-0.4, -0.2) is 111 Å². The fourth-order valence-corrected chi connectivity index (χ4v) is 8.68. The Morgan fingerprint density at radius 1 is 1.05 bits per heavy atom. The lowest BCUT2D eigenvalue weighted by atomic mass is 9.71. The van der Waals surface area contributed by atoms with E-state index in [0.717, 1.165) is 0 Å². The number of phenols is 2. The minimum absolute atomic E-state index is 0.0175. The maximum Gasteiger partial charge on any atom is 0.253 e. The van der Waals surface area contributed by atoms with E-state index >= 15 is 0 Å². The zero-order valence-electron chi connectivity index (χ0n) is 30.7.